The molecule has 3 aromatic rings. The summed E-state index contributed by atoms with van der Waals surface area (Å²) in [4.78, 5) is 42.0. The molecule has 3 N–H and O–H groups in total. The van der Waals surface area contributed by atoms with Crippen LogP contribution in [0.3, 0.4) is 0 Å². The number of halogens is 6. The Hall–Kier alpha value is -4.57. The second kappa shape index (κ2) is 11.2. The summed E-state index contributed by atoms with van der Waals surface area (Å²) in [6, 6.07) is 3.29. The number of hydrogen-bond acceptors (Lipinski definition) is 8. The van der Waals surface area contributed by atoms with Crippen LogP contribution in [0.1, 0.15) is 27.3 Å². The second-order valence-corrected chi connectivity index (χ2v) is 7.60. The van der Waals surface area contributed by atoms with Crippen molar-refractivity contribution in [1.82, 2.24) is 15.3 Å². The molecule has 1 unspecified atom stereocenters. The maximum atomic E-state index is 14.0. The number of carbonyl (C=O) groups is 3. The van der Waals surface area contributed by atoms with Gasteiger partial charge in [-0.05, 0) is 18.6 Å². The number of amides is 1. The van der Waals surface area contributed by atoms with Crippen molar-refractivity contribution in [2.75, 3.05) is 18.0 Å². The molecule has 1 aliphatic rings. The quantitative estimate of drug-likeness (QED) is 0.390. The summed E-state index contributed by atoms with van der Waals surface area (Å²) in [5.41, 5.74) is 0.357. The van der Waals surface area contributed by atoms with Gasteiger partial charge in [0.25, 0.3) is 11.9 Å². The summed E-state index contributed by atoms with van der Waals surface area (Å²) in [5.74, 6) is -6.34. The van der Waals surface area contributed by atoms with Gasteiger partial charge in [0.05, 0.1) is 17.3 Å². The van der Waals surface area contributed by atoms with Crippen LogP contribution >= 0.6 is 0 Å². The normalized spacial score (nSPS) is 15.2. The summed E-state index contributed by atoms with van der Waals surface area (Å²) in [7, 11) is 0. The van der Waals surface area contributed by atoms with E-state index in [9.17, 15) is 35.9 Å². The fourth-order valence-electron chi connectivity index (χ4n) is 3.27. The molecule has 0 saturated carbocycles. The summed E-state index contributed by atoms with van der Waals surface area (Å²) < 4.78 is 79.6. The first kappa shape index (κ1) is 28.0. The summed E-state index contributed by atoms with van der Waals surface area (Å²) in [5, 5.41) is 19.1. The van der Waals surface area contributed by atoms with E-state index < -0.39 is 42.2 Å². The van der Waals surface area contributed by atoms with Crippen molar-refractivity contribution in [3.63, 3.8) is 0 Å². The highest BCUT2D eigenvalue weighted by atomic mass is 19.4. The van der Waals surface area contributed by atoms with Crippen LogP contribution in [-0.2, 0) is 4.79 Å². The van der Waals surface area contributed by atoms with E-state index in [1.807, 2.05) is 0 Å². The zero-order chi connectivity index (χ0) is 28.2. The Bertz CT molecular complexity index is 1350. The Morgan fingerprint density at radius 1 is 1.13 bits per heavy atom. The fraction of sp³-hybridized carbons (Fsp3) is 0.286. The molecule has 0 bridgehead atoms. The number of anilines is 1. The van der Waals surface area contributed by atoms with Gasteiger partial charge in [0, 0.05) is 36.8 Å². The van der Waals surface area contributed by atoms with E-state index >= 15 is 0 Å². The Morgan fingerprint density at radius 2 is 1.82 bits per heavy atom. The van der Waals surface area contributed by atoms with Crippen molar-refractivity contribution in [3.05, 3.63) is 47.7 Å². The molecule has 0 aliphatic carbocycles. The molecule has 1 aromatic carbocycles. The minimum atomic E-state index is -5.08. The fourth-order valence-corrected chi connectivity index (χ4v) is 3.27. The number of carboxylic acid groups (broad SMARTS) is 2. The average Bonchev–Trinajstić information content (AvgIpc) is 3.48. The molecule has 1 atom stereocenters. The summed E-state index contributed by atoms with van der Waals surface area (Å²) in [6.45, 7) is -2.32. The van der Waals surface area contributed by atoms with E-state index in [4.69, 9.17) is 19.4 Å². The molecule has 1 amide bonds. The number of nitrogens with zero attached hydrogens (tertiary/aromatic N) is 3. The SMILES string of the molecule is O=C(NC1CCN(c2ncc(C(=O)O)o2)C1)c1cnc2cc(OC(F)F)c(F)cc2c1.O=C(O)C(F)(F)F. The van der Waals surface area contributed by atoms with Gasteiger partial charge in [-0.15, -0.1) is 0 Å². The molecule has 1 fully saturated rings. The van der Waals surface area contributed by atoms with Crippen molar-refractivity contribution in [1.29, 1.82) is 0 Å². The van der Waals surface area contributed by atoms with Crippen LogP contribution in [0.2, 0.25) is 0 Å². The predicted octanol–water partition coefficient (Wildman–Crippen LogP) is 3.30. The molecule has 0 spiro atoms. The highest BCUT2D eigenvalue weighted by molar-refractivity contribution is 5.97. The molecule has 3 heterocycles. The van der Waals surface area contributed by atoms with Gasteiger partial charge < -0.3 is 29.6 Å². The van der Waals surface area contributed by atoms with E-state index in [-0.39, 0.29) is 34.3 Å². The van der Waals surface area contributed by atoms with Gasteiger partial charge in [-0.1, -0.05) is 0 Å². The predicted molar refractivity (Wildman–Crippen MR) is 114 cm³/mol. The molecule has 0 radical (unpaired) electrons. The smallest absolute Gasteiger partial charge is 0.475 e. The first-order valence-electron chi connectivity index (χ1n) is 10.3. The van der Waals surface area contributed by atoms with Crippen LogP contribution in [-0.4, -0.2) is 69.9 Å². The molecule has 4 rings (SSSR count). The number of carboxylic acids is 2. The Morgan fingerprint density at radius 3 is 2.39 bits per heavy atom. The van der Waals surface area contributed by atoms with Crippen LogP contribution in [0.5, 0.6) is 5.75 Å². The zero-order valence-corrected chi connectivity index (χ0v) is 18.7. The lowest BCUT2D eigenvalue weighted by Crippen LogP contribution is -2.37. The largest absolute Gasteiger partial charge is 0.490 e. The standard InChI is InChI=1S/C19H15F3N4O5.C2HF3O2/c20-12-4-9-3-10(6-23-13(9)5-14(12)30-18(21)22)16(27)25-11-1-2-26(8-11)19-24-7-15(31-19)17(28)29;3-2(4,5)1(6)7/h3-7,11,18H,1-2,8H2,(H,25,27)(H,28,29);(H,6,7). The van der Waals surface area contributed by atoms with Gasteiger partial charge in [0.2, 0.25) is 5.76 Å². The number of ether oxygens (including phenoxy) is 1. The van der Waals surface area contributed by atoms with Crippen LogP contribution < -0.4 is 15.0 Å². The number of carbonyl (C=O) groups excluding carboxylic acids is 1. The number of pyridine rings is 1. The van der Waals surface area contributed by atoms with E-state index in [2.05, 4.69) is 20.0 Å². The van der Waals surface area contributed by atoms with E-state index in [0.29, 0.717) is 19.5 Å². The van der Waals surface area contributed by atoms with Gasteiger partial charge in [-0.25, -0.2) is 19.0 Å². The molecule has 2 aromatic heterocycles. The van der Waals surface area contributed by atoms with Crippen LogP contribution in [0.4, 0.5) is 32.4 Å². The molecule has 17 heteroatoms. The number of aromatic nitrogens is 2. The average molecular weight is 550 g/mol. The van der Waals surface area contributed by atoms with Gasteiger partial charge in [0.1, 0.15) is 0 Å². The number of oxazole rings is 1. The van der Waals surface area contributed by atoms with Crippen molar-refractivity contribution in [2.45, 2.75) is 25.3 Å². The molecule has 11 nitrogen and oxygen atoms in total. The van der Waals surface area contributed by atoms with Crippen LogP contribution in [0, 0.1) is 5.82 Å². The number of aromatic carboxylic acids is 1. The van der Waals surface area contributed by atoms with Gasteiger partial charge in [-0.3, -0.25) is 9.78 Å². The van der Waals surface area contributed by atoms with E-state index in [1.165, 1.54) is 12.3 Å². The van der Waals surface area contributed by atoms with Crippen molar-refractivity contribution >= 4 is 34.8 Å². The van der Waals surface area contributed by atoms with E-state index in [1.54, 1.807) is 4.90 Å². The second-order valence-electron chi connectivity index (χ2n) is 7.60. The van der Waals surface area contributed by atoms with E-state index in [0.717, 1.165) is 18.3 Å². The number of rotatable bonds is 6. The maximum Gasteiger partial charge on any atom is 0.490 e. The first-order chi connectivity index (χ1) is 17.7. The minimum absolute atomic E-state index is 0.152. The third-order valence-corrected chi connectivity index (χ3v) is 4.95. The zero-order valence-electron chi connectivity index (χ0n) is 18.7. The molecular formula is C21H16F6N4O7. The Balaban J connectivity index is 0.000000505. The first-order valence-corrected chi connectivity index (χ1v) is 10.3. The third kappa shape index (κ3) is 7.01. The summed E-state index contributed by atoms with van der Waals surface area (Å²) in [6.07, 6.45) is -2.15. The Kier molecular flexibility index (Phi) is 8.27. The summed E-state index contributed by atoms with van der Waals surface area (Å²) >= 11 is 0. The lowest BCUT2D eigenvalue weighted by molar-refractivity contribution is -0.192. The highest BCUT2D eigenvalue weighted by Gasteiger charge is 2.38. The number of alkyl halides is 5. The van der Waals surface area contributed by atoms with Gasteiger partial charge in [0.15, 0.2) is 11.6 Å². The molecule has 38 heavy (non-hydrogen) atoms. The number of hydrogen-bond donors (Lipinski definition) is 3. The van der Waals surface area contributed by atoms with Crippen molar-refractivity contribution < 1.29 is 60.1 Å². The lowest BCUT2D eigenvalue weighted by atomic mass is 10.1. The number of nitrogens with one attached hydrogen (secondary N) is 1. The number of aliphatic carboxylic acids is 1. The van der Waals surface area contributed by atoms with Gasteiger partial charge in [-0.2, -0.15) is 22.0 Å². The highest BCUT2D eigenvalue weighted by Crippen LogP contribution is 2.26. The minimum Gasteiger partial charge on any atom is -0.475 e. The Labute approximate surface area is 207 Å². The molecule has 1 aliphatic heterocycles. The monoisotopic (exact) mass is 550 g/mol. The maximum absolute atomic E-state index is 14.0. The van der Waals surface area contributed by atoms with Gasteiger partial charge >= 0.3 is 24.7 Å². The molecule has 204 valence electrons. The van der Waals surface area contributed by atoms with Crippen LogP contribution in [0.25, 0.3) is 10.9 Å². The third-order valence-electron chi connectivity index (χ3n) is 4.95. The molecular weight excluding hydrogens is 534 g/mol. The number of benzene rings is 1. The molecule has 1 saturated heterocycles. The number of fused-ring (bicyclic) bond motifs is 1. The topological polar surface area (TPSA) is 155 Å². The van der Waals surface area contributed by atoms with Crippen molar-refractivity contribution in [3.8, 4) is 5.75 Å². The van der Waals surface area contributed by atoms with Crippen molar-refractivity contribution in [2.24, 2.45) is 0 Å². The lowest BCUT2D eigenvalue weighted by Gasteiger charge is -2.15. The van der Waals surface area contributed by atoms with Crippen LogP contribution in [0.15, 0.2) is 35.0 Å².